The quantitative estimate of drug-likeness (QED) is 0.422. The highest BCUT2D eigenvalue weighted by Gasteiger charge is 2.33. The molecule has 146 valence electrons. The lowest BCUT2D eigenvalue weighted by molar-refractivity contribution is -0.116. The van der Waals surface area contributed by atoms with Crippen LogP contribution >= 0.6 is 27.3 Å². The minimum Gasteiger partial charge on any atom is -0.310 e. The number of aromatic nitrogens is 3. The van der Waals surface area contributed by atoms with Gasteiger partial charge in [-0.25, -0.2) is 9.37 Å². The summed E-state index contributed by atoms with van der Waals surface area (Å²) in [5, 5.41) is 8.37. The Morgan fingerprint density at radius 1 is 1.24 bits per heavy atom. The molecule has 3 heterocycles. The molecule has 8 heteroatoms. The number of carbonyl (C=O) groups excluding carboxylic acids is 1. The molecule has 0 aliphatic carbocycles. The molecule has 0 saturated carbocycles. The number of amides is 1. The number of nitrogens with zero attached hydrogens (tertiary/aromatic N) is 3. The molecule has 4 aromatic rings. The van der Waals surface area contributed by atoms with Crippen LogP contribution in [0.5, 0.6) is 0 Å². The first-order valence-electron chi connectivity index (χ1n) is 9.12. The van der Waals surface area contributed by atoms with E-state index in [9.17, 15) is 9.18 Å². The van der Waals surface area contributed by atoms with Crippen molar-refractivity contribution in [1.29, 1.82) is 0 Å². The first-order chi connectivity index (χ1) is 13.9. The summed E-state index contributed by atoms with van der Waals surface area (Å²) in [6, 6.07) is 11.0. The van der Waals surface area contributed by atoms with E-state index in [1.807, 2.05) is 26.0 Å². The van der Waals surface area contributed by atoms with Gasteiger partial charge in [0.25, 0.3) is 0 Å². The first kappa shape index (κ1) is 18.4. The number of hydrogen-bond acceptors (Lipinski definition) is 4. The number of anilines is 1. The molecule has 2 aromatic carbocycles. The van der Waals surface area contributed by atoms with E-state index < -0.39 is 0 Å². The van der Waals surface area contributed by atoms with Crippen LogP contribution in [0, 0.1) is 19.7 Å². The summed E-state index contributed by atoms with van der Waals surface area (Å²) in [4.78, 5) is 17.2. The maximum atomic E-state index is 13.7. The Morgan fingerprint density at radius 3 is 2.86 bits per heavy atom. The number of halogens is 2. The van der Waals surface area contributed by atoms with E-state index in [0.29, 0.717) is 15.4 Å². The Kier molecular flexibility index (Phi) is 4.29. The van der Waals surface area contributed by atoms with Crippen molar-refractivity contribution in [1.82, 2.24) is 14.8 Å². The predicted octanol–water partition coefficient (Wildman–Crippen LogP) is 5.47. The number of aryl methyl sites for hydroxylation is 2. The van der Waals surface area contributed by atoms with Gasteiger partial charge in [-0.1, -0.05) is 23.5 Å². The zero-order chi connectivity index (χ0) is 20.3. The Bertz CT molecular complexity index is 1300. The molecular formula is C21H16BrFN4OS. The lowest BCUT2D eigenvalue weighted by Gasteiger charge is -2.24. The lowest BCUT2D eigenvalue weighted by atomic mass is 9.86. The van der Waals surface area contributed by atoms with Gasteiger partial charge in [0.15, 0.2) is 0 Å². The summed E-state index contributed by atoms with van der Waals surface area (Å²) in [5.41, 5.74) is 4.71. The molecule has 0 saturated heterocycles. The zero-order valence-electron chi connectivity index (χ0n) is 15.7. The van der Waals surface area contributed by atoms with Gasteiger partial charge in [0.2, 0.25) is 11.0 Å². The number of thiazole rings is 1. The van der Waals surface area contributed by atoms with Crippen LogP contribution in [-0.4, -0.2) is 20.7 Å². The minimum absolute atomic E-state index is 0.0962. The van der Waals surface area contributed by atoms with Crippen LogP contribution < -0.4 is 5.32 Å². The highest BCUT2D eigenvalue weighted by molar-refractivity contribution is 9.10. The van der Waals surface area contributed by atoms with Gasteiger partial charge in [0, 0.05) is 17.9 Å². The van der Waals surface area contributed by atoms with Gasteiger partial charge in [-0.2, -0.15) is 9.78 Å². The summed E-state index contributed by atoms with van der Waals surface area (Å²) in [5.74, 6) is 0.0217. The SMILES string of the molecule is Cc1ccc2nc(-n3nc(C)c4c3NC(=O)CC4c3ccc(F)c(Br)c3)sc2c1. The summed E-state index contributed by atoms with van der Waals surface area (Å²) in [6.07, 6.45) is 0.288. The molecule has 1 atom stereocenters. The maximum absolute atomic E-state index is 13.7. The highest BCUT2D eigenvalue weighted by atomic mass is 79.9. The molecule has 1 aliphatic heterocycles. The zero-order valence-corrected chi connectivity index (χ0v) is 18.1. The molecule has 1 aliphatic rings. The monoisotopic (exact) mass is 470 g/mol. The molecule has 0 fully saturated rings. The fraction of sp³-hybridized carbons (Fsp3) is 0.190. The van der Waals surface area contributed by atoms with E-state index in [0.717, 1.165) is 27.0 Å². The summed E-state index contributed by atoms with van der Waals surface area (Å²) in [7, 11) is 0. The number of carbonyl (C=O) groups is 1. The van der Waals surface area contributed by atoms with E-state index in [4.69, 9.17) is 10.1 Å². The molecule has 0 spiro atoms. The fourth-order valence-corrected chi connectivity index (χ4v) is 5.23. The average molecular weight is 471 g/mol. The van der Waals surface area contributed by atoms with Crippen molar-refractivity contribution >= 4 is 49.2 Å². The van der Waals surface area contributed by atoms with Crippen LogP contribution in [0.25, 0.3) is 15.3 Å². The summed E-state index contributed by atoms with van der Waals surface area (Å²) in [6.45, 7) is 3.97. The highest BCUT2D eigenvalue weighted by Crippen LogP contribution is 2.41. The molecule has 1 amide bonds. The first-order valence-corrected chi connectivity index (χ1v) is 10.7. The van der Waals surface area contributed by atoms with Crippen molar-refractivity contribution < 1.29 is 9.18 Å². The molecular weight excluding hydrogens is 455 g/mol. The molecule has 29 heavy (non-hydrogen) atoms. The Morgan fingerprint density at radius 2 is 2.07 bits per heavy atom. The van der Waals surface area contributed by atoms with E-state index in [-0.39, 0.29) is 24.1 Å². The van der Waals surface area contributed by atoms with Gasteiger partial charge < -0.3 is 5.32 Å². The van der Waals surface area contributed by atoms with Gasteiger partial charge in [-0.3, -0.25) is 4.79 Å². The van der Waals surface area contributed by atoms with Crippen LogP contribution in [0.2, 0.25) is 0 Å². The Hall–Kier alpha value is -2.58. The topological polar surface area (TPSA) is 59.8 Å². The van der Waals surface area contributed by atoms with E-state index >= 15 is 0 Å². The van der Waals surface area contributed by atoms with Crippen LogP contribution in [0.3, 0.4) is 0 Å². The van der Waals surface area contributed by atoms with Crippen molar-refractivity contribution in [2.75, 3.05) is 5.32 Å². The van der Waals surface area contributed by atoms with Gasteiger partial charge in [-0.15, -0.1) is 0 Å². The lowest BCUT2D eigenvalue weighted by Crippen LogP contribution is -2.25. The third kappa shape index (κ3) is 3.07. The number of rotatable bonds is 2. The molecule has 2 aromatic heterocycles. The molecule has 1 N–H and O–H groups in total. The second kappa shape index (κ2) is 6.74. The van der Waals surface area contributed by atoms with E-state index in [1.54, 1.807) is 16.8 Å². The number of fused-ring (bicyclic) bond motifs is 2. The third-order valence-electron chi connectivity index (χ3n) is 5.16. The largest absolute Gasteiger partial charge is 0.310 e. The number of benzene rings is 2. The van der Waals surface area contributed by atoms with Crippen LogP contribution in [0.4, 0.5) is 10.2 Å². The van der Waals surface area contributed by atoms with E-state index in [2.05, 4.69) is 27.3 Å². The second-order valence-corrected chi connectivity index (χ2v) is 9.07. The number of hydrogen-bond donors (Lipinski definition) is 1. The van der Waals surface area contributed by atoms with Crippen molar-refractivity contribution in [3.63, 3.8) is 0 Å². The van der Waals surface area contributed by atoms with Crippen molar-refractivity contribution in [3.05, 3.63) is 69.1 Å². The molecule has 0 radical (unpaired) electrons. The molecule has 0 bridgehead atoms. The van der Waals surface area contributed by atoms with Crippen LogP contribution in [0.1, 0.15) is 34.7 Å². The summed E-state index contributed by atoms with van der Waals surface area (Å²) < 4.78 is 16.9. The van der Waals surface area contributed by atoms with Gasteiger partial charge >= 0.3 is 0 Å². The fourth-order valence-electron chi connectivity index (χ4n) is 3.81. The standard InChI is InChI=1S/C21H16BrFN4OS/c1-10-3-6-16-17(7-10)29-21(24-16)27-20-19(11(2)26-27)13(9-18(28)25-20)12-4-5-15(23)14(22)8-12/h3-8,13H,9H2,1-2H3,(H,25,28). The van der Waals surface area contributed by atoms with Gasteiger partial charge in [0.1, 0.15) is 11.6 Å². The Labute approximate surface area is 178 Å². The molecule has 5 nitrogen and oxygen atoms in total. The number of nitrogens with one attached hydrogen (secondary N) is 1. The predicted molar refractivity (Wildman–Crippen MR) is 115 cm³/mol. The Balaban J connectivity index is 1.67. The van der Waals surface area contributed by atoms with E-state index in [1.165, 1.54) is 23.0 Å². The van der Waals surface area contributed by atoms with Crippen molar-refractivity contribution in [2.45, 2.75) is 26.2 Å². The van der Waals surface area contributed by atoms with Crippen molar-refractivity contribution in [2.24, 2.45) is 0 Å². The maximum Gasteiger partial charge on any atom is 0.226 e. The summed E-state index contributed by atoms with van der Waals surface area (Å²) >= 11 is 4.78. The minimum atomic E-state index is -0.327. The second-order valence-electron chi connectivity index (χ2n) is 7.21. The molecule has 5 rings (SSSR count). The molecule has 1 unspecified atom stereocenters. The van der Waals surface area contributed by atoms with Gasteiger partial charge in [-0.05, 0) is 65.2 Å². The van der Waals surface area contributed by atoms with Crippen LogP contribution in [-0.2, 0) is 4.79 Å². The normalized spacial score (nSPS) is 16.1. The smallest absolute Gasteiger partial charge is 0.226 e. The average Bonchev–Trinajstić information content (AvgIpc) is 3.24. The van der Waals surface area contributed by atoms with Crippen molar-refractivity contribution in [3.8, 4) is 5.13 Å². The van der Waals surface area contributed by atoms with Crippen LogP contribution in [0.15, 0.2) is 40.9 Å². The third-order valence-corrected chi connectivity index (χ3v) is 6.76. The van der Waals surface area contributed by atoms with Gasteiger partial charge in [0.05, 0.1) is 20.4 Å².